The molecular formula is C13H7F4N3O. The van der Waals surface area contributed by atoms with E-state index in [2.05, 4.69) is 10.3 Å². The number of hydrogen-bond donors (Lipinski definition) is 2. The van der Waals surface area contributed by atoms with E-state index in [-0.39, 0.29) is 17.7 Å². The van der Waals surface area contributed by atoms with E-state index in [1.165, 1.54) is 12.1 Å². The molecule has 0 aliphatic heterocycles. The Morgan fingerprint density at radius 3 is 2.33 bits per heavy atom. The molecule has 0 aliphatic carbocycles. The second-order valence-corrected chi connectivity index (χ2v) is 4.21. The van der Waals surface area contributed by atoms with Crippen LogP contribution in [0.1, 0.15) is 0 Å². The Labute approximate surface area is 115 Å². The minimum absolute atomic E-state index is 0.114. The van der Waals surface area contributed by atoms with Crippen LogP contribution in [0, 0.1) is 23.3 Å². The topological polar surface area (TPSA) is 64.1 Å². The van der Waals surface area contributed by atoms with E-state index in [4.69, 9.17) is 10.2 Å². The van der Waals surface area contributed by atoms with Crippen LogP contribution in [0.5, 0.6) is 0 Å². The van der Waals surface area contributed by atoms with Gasteiger partial charge < -0.3 is 15.5 Å². The molecule has 3 N–H and O–H groups in total. The lowest BCUT2D eigenvalue weighted by Gasteiger charge is -2.06. The van der Waals surface area contributed by atoms with Gasteiger partial charge in [0.15, 0.2) is 28.9 Å². The van der Waals surface area contributed by atoms with Crippen LogP contribution < -0.4 is 11.1 Å². The number of hydrogen-bond acceptors (Lipinski definition) is 4. The van der Waals surface area contributed by atoms with E-state index in [1.807, 2.05) is 0 Å². The third kappa shape index (κ3) is 2.24. The van der Waals surface area contributed by atoms with Gasteiger partial charge in [-0.1, -0.05) is 0 Å². The van der Waals surface area contributed by atoms with Gasteiger partial charge in [-0.05, 0) is 12.1 Å². The zero-order valence-corrected chi connectivity index (χ0v) is 10.3. The van der Waals surface area contributed by atoms with Crippen molar-refractivity contribution in [2.75, 3.05) is 11.1 Å². The summed E-state index contributed by atoms with van der Waals surface area (Å²) in [5, 5.41) is 2.08. The smallest absolute Gasteiger partial charge is 0.300 e. The molecule has 2 aromatic carbocycles. The fraction of sp³-hybridized carbons (Fsp3) is 0. The maximum Gasteiger partial charge on any atom is 0.300 e. The molecular weight excluding hydrogens is 290 g/mol. The molecule has 0 saturated carbocycles. The molecule has 3 aromatic rings. The Balaban J connectivity index is 2.06. The lowest BCUT2D eigenvalue weighted by Crippen LogP contribution is -2.03. The van der Waals surface area contributed by atoms with Crippen molar-refractivity contribution in [1.29, 1.82) is 0 Å². The van der Waals surface area contributed by atoms with Gasteiger partial charge in [0.05, 0.1) is 0 Å². The van der Waals surface area contributed by atoms with Crippen LogP contribution in [-0.4, -0.2) is 4.98 Å². The van der Waals surface area contributed by atoms with Crippen LogP contribution in [0.2, 0.25) is 0 Å². The van der Waals surface area contributed by atoms with Gasteiger partial charge in [0.1, 0.15) is 11.2 Å². The summed E-state index contributed by atoms with van der Waals surface area (Å²) in [6.45, 7) is 0. The summed E-state index contributed by atoms with van der Waals surface area (Å²) in [6, 6.07) is 4.32. The van der Waals surface area contributed by atoms with Gasteiger partial charge in [-0.2, -0.15) is 4.98 Å². The summed E-state index contributed by atoms with van der Waals surface area (Å²) in [7, 11) is 0. The number of aromatic nitrogens is 1. The average Bonchev–Trinajstić information content (AvgIpc) is 2.83. The van der Waals surface area contributed by atoms with Crippen molar-refractivity contribution in [1.82, 2.24) is 4.98 Å². The molecule has 21 heavy (non-hydrogen) atoms. The molecule has 0 fully saturated rings. The quantitative estimate of drug-likeness (QED) is 0.430. The van der Waals surface area contributed by atoms with Crippen molar-refractivity contribution < 1.29 is 22.0 Å². The second-order valence-electron chi connectivity index (χ2n) is 4.21. The number of nitrogens with two attached hydrogens (primary N) is 1. The highest BCUT2D eigenvalue weighted by molar-refractivity contribution is 5.78. The zero-order chi connectivity index (χ0) is 15.1. The van der Waals surface area contributed by atoms with Gasteiger partial charge in [-0.25, -0.2) is 17.6 Å². The Kier molecular flexibility index (Phi) is 2.93. The largest absolute Gasteiger partial charge is 0.423 e. The van der Waals surface area contributed by atoms with Crippen LogP contribution in [0.25, 0.3) is 11.1 Å². The van der Waals surface area contributed by atoms with Crippen LogP contribution in [-0.2, 0) is 0 Å². The minimum atomic E-state index is -1.57. The van der Waals surface area contributed by atoms with E-state index in [0.717, 1.165) is 0 Å². The zero-order valence-electron chi connectivity index (χ0n) is 10.3. The Hall–Kier alpha value is -2.77. The van der Waals surface area contributed by atoms with Crippen molar-refractivity contribution in [3.63, 3.8) is 0 Å². The average molecular weight is 297 g/mol. The Morgan fingerprint density at radius 1 is 1.00 bits per heavy atom. The molecule has 0 spiro atoms. The van der Waals surface area contributed by atoms with Gasteiger partial charge in [-0.3, -0.25) is 0 Å². The van der Waals surface area contributed by atoms with Crippen molar-refractivity contribution >= 4 is 28.5 Å². The first-order valence-electron chi connectivity index (χ1n) is 5.72. The van der Waals surface area contributed by atoms with Crippen molar-refractivity contribution in [2.24, 2.45) is 0 Å². The monoisotopic (exact) mass is 297 g/mol. The summed E-state index contributed by atoms with van der Waals surface area (Å²) in [5.74, 6) is -6.21. The first-order valence-corrected chi connectivity index (χ1v) is 5.72. The lowest BCUT2D eigenvalue weighted by atomic mass is 10.2. The molecule has 0 amide bonds. The number of nitrogens with zero attached hydrogens (tertiary/aromatic N) is 1. The highest BCUT2D eigenvalue weighted by Crippen LogP contribution is 2.29. The van der Waals surface area contributed by atoms with Gasteiger partial charge in [-0.15, -0.1) is 0 Å². The number of halogens is 4. The molecule has 0 bridgehead atoms. The molecule has 0 radical (unpaired) electrons. The van der Waals surface area contributed by atoms with Crippen LogP contribution in [0.3, 0.4) is 0 Å². The summed E-state index contributed by atoms with van der Waals surface area (Å²) in [6.07, 6.45) is 0. The molecule has 1 heterocycles. The molecule has 1 aromatic heterocycles. The Morgan fingerprint density at radius 2 is 1.67 bits per heavy atom. The van der Waals surface area contributed by atoms with Crippen LogP contribution in [0.4, 0.5) is 35.0 Å². The highest BCUT2D eigenvalue weighted by atomic mass is 19.2. The van der Waals surface area contributed by atoms with Crippen LogP contribution in [0.15, 0.2) is 28.7 Å². The summed E-state index contributed by atoms with van der Waals surface area (Å²) in [5.41, 5.74) is 5.55. The summed E-state index contributed by atoms with van der Waals surface area (Å²) < 4.78 is 58.4. The molecule has 0 aliphatic rings. The number of anilines is 3. The minimum Gasteiger partial charge on any atom is -0.423 e. The number of fused-ring (bicyclic) bond motifs is 1. The maximum absolute atomic E-state index is 13.5. The fourth-order valence-corrected chi connectivity index (χ4v) is 1.78. The molecule has 0 unspecified atom stereocenters. The van der Waals surface area contributed by atoms with Gasteiger partial charge >= 0.3 is 0 Å². The van der Waals surface area contributed by atoms with Crippen molar-refractivity contribution in [3.05, 3.63) is 47.5 Å². The molecule has 0 saturated heterocycles. The number of nitrogens with one attached hydrogen (secondary N) is 1. The number of oxazole rings is 1. The molecule has 0 atom stereocenters. The SMILES string of the molecule is Nc1ccc2nc(Nc3c(F)c(F)cc(F)c3F)oc2c1. The van der Waals surface area contributed by atoms with Crippen molar-refractivity contribution in [3.8, 4) is 0 Å². The van der Waals surface area contributed by atoms with E-state index < -0.39 is 29.0 Å². The standard InChI is InChI=1S/C13H7F4N3O/c14-6-4-7(15)11(17)12(10(6)16)20-13-19-8-2-1-5(18)3-9(8)21-13/h1-4H,18H2,(H,19,20). The van der Waals surface area contributed by atoms with Gasteiger partial charge in [0, 0.05) is 17.8 Å². The molecule has 108 valence electrons. The third-order valence-corrected chi connectivity index (χ3v) is 2.76. The second kappa shape index (κ2) is 4.65. The van der Waals surface area contributed by atoms with E-state index in [1.54, 1.807) is 6.07 Å². The highest BCUT2D eigenvalue weighted by Gasteiger charge is 2.20. The fourth-order valence-electron chi connectivity index (χ4n) is 1.78. The maximum atomic E-state index is 13.5. The normalized spacial score (nSPS) is 11.0. The van der Waals surface area contributed by atoms with Gasteiger partial charge in [0.2, 0.25) is 0 Å². The first-order chi connectivity index (χ1) is 9.95. The van der Waals surface area contributed by atoms with Crippen molar-refractivity contribution in [2.45, 2.75) is 0 Å². The first kappa shape index (κ1) is 13.2. The Bertz CT molecular complexity index is 821. The summed E-state index contributed by atoms with van der Waals surface area (Å²) >= 11 is 0. The van der Waals surface area contributed by atoms with Gasteiger partial charge in [0.25, 0.3) is 6.01 Å². The third-order valence-electron chi connectivity index (χ3n) is 2.76. The molecule has 3 rings (SSSR count). The summed E-state index contributed by atoms with van der Waals surface area (Å²) in [4.78, 5) is 3.88. The number of nitrogen functional groups attached to an aromatic ring is 1. The van der Waals surface area contributed by atoms with E-state index in [9.17, 15) is 17.6 Å². The number of benzene rings is 2. The predicted molar refractivity (Wildman–Crippen MR) is 68.0 cm³/mol. The number of rotatable bonds is 2. The molecule has 8 heteroatoms. The van der Waals surface area contributed by atoms with Crippen LogP contribution >= 0.6 is 0 Å². The van der Waals surface area contributed by atoms with E-state index >= 15 is 0 Å². The predicted octanol–water partition coefficient (Wildman–Crippen LogP) is 3.71. The van der Waals surface area contributed by atoms with E-state index in [0.29, 0.717) is 11.2 Å². The molecule has 4 nitrogen and oxygen atoms in total. The lowest BCUT2D eigenvalue weighted by molar-refractivity contribution is 0.458.